The molecule has 0 bridgehead atoms. The van der Waals surface area contributed by atoms with Gasteiger partial charge in [0.15, 0.2) is 0 Å². The minimum absolute atomic E-state index is 0.269. The molecule has 0 aromatic rings. The van der Waals surface area contributed by atoms with Crippen molar-refractivity contribution in [3.05, 3.63) is 0 Å². The van der Waals surface area contributed by atoms with E-state index in [1.165, 1.54) is 0 Å². The standard InChI is InChI=1S/C9H21NO3/c1-9(11)8-10-4-3-5-13-7-6-12-2/h9-11H,3-8H2,1-2H3. The molecule has 13 heavy (non-hydrogen) atoms. The molecule has 80 valence electrons. The van der Waals surface area contributed by atoms with Crippen LogP contribution in [0.5, 0.6) is 0 Å². The molecule has 0 aromatic carbocycles. The van der Waals surface area contributed by atoms with Crippen molar-refractivity contribution in [3.8, 4) is 0 Å². The van der Waals surface area contributed by atoms with Crippen LogP contribution in [0.25, 0.3) is 0 Å². The van der Waals surface area contributed by atoms with Crippen LogP contribution in [0.1, 0.15) is 13.3 Å². The van der Waals surface area contributed by atoms with Crippen LogP contribution in [0.2, 0.25) is 0 Å². The van der Waals surface area contributed by atoms with Crippen LogP contribution in [0, 0.1) is 0 Å². The number of nitrogens with one attached hydrogen (secondary N) is 1. The molecule has 4 nitrogen and oxygen atoms in total. The van der Waals surface area contributed by atoms with Crippen LogP contribution in [-0.2, 0) is 9.47 Å². The van der Waals surface area contributed by atoms with Crippen molar-refractivity contribution in [3.63, 3.8) is 0 Å². The topological polar surface area (TPSA) is 50.7 Å². The summed E-state index contributed by atoms with van der Waals surface area (Å²) in [6.45, 7) is 5.36. The minimum atomic E-state index is -0.269. The van der Waals surface area contributed by atoms with Crippen molar-refractivity contribution in [2.75, 3.05) is 40.0 Å². The monoisotopic (exact) mass is 191 g/mol. The Morgan fingerprint density at radius 1 is 1.31 bits per heavy atom. The van der Waals surface area contributed by atoms with Crippen molar-refractivity contribution in [2.45, 2.75) is 19.4 Å². The van der Waals surface area contributed by atoms with Gasteiger partial charge in [-0.25, -0.2) is 0 Å². The van der Waals surface area contributed by atoms with Crippen LogP contribution < -0.4 is 5.32 Å². The molecule has 0 radical (unpaired) electrons. The number of ether oxygens (including phenoxy) is 2. The SMILES string of the molecule is COCCOCCCNCC(C)O. The molecule has 2 N–H and O–H groups in total. The van der Waals surface area contributed by atoms with Crippen LogP contribution >= 0.6 is 0 Å². The Labute approximate surface area is 80.2 Å². The first-order valence-corrected chi connectivity index (χ1v) is 4.73. The van der Waals surface area contributed by atoms with Crippen LogP contribution in [0.3, 0.4) is 0 Å². The summed E-state index contributed by atoms with van der Waals surface area (Å²) in [6, 6.07) is 0. The van der Waals surface area contributed by atoms with E-state index in [-0.39, 0.29) is 6.10 Å². The molecule has 0 heterocycles. The maximum atomic E-state index is 8.91. The maximum absolute atomic E-state index is 8.91. The third-order valence-electron chi connectivity index (χ3n) is 1.51. The summed E-state index contributed by atoms with van der Waals surface area (Å²) in [4.78, 5) is 0. The molecule has 0 saturated heterocycles. The fourth-order valence-electron chi connectivity index (χ4n) is 0.855. The average Bonchev–Trinajstić information content (AvgIpc) is 2.09. The van der Waals surface area contributed by atoms with E-state index in [4.69, 9.17) is 14.6 Å². The zero-order valence-corrected chi connectivity index (χ0v) is 8.58. The Morgan fingerprint density at radius 2 is 2.08 bits per heavy atom. The van der Waals surface area contributed by atoms with Crippen molar-refractivity contribution < 1.29 is 14.6 Å². The van der Waals surface area contributed by atoms with Crippen molar-refractivity contribution >= 4 is 0 Å². The van der Waals surface area contributed by atoms with E-state index >= 15 is 0 Å². The molecule has 0 aromatic heterocycles. The molecule has 0 fully saturated rings. The minimum Gasteiger partial charge on any atom is -0.392 e. The molecule has 0 aliphatic rings. The van der Waals surface area contributed by atoms with Gasteiger partial charge in [0.05, 0.1) is 19.3 Å². The Kier molecular flexibility index (Phi) is 9.80. The third kappa shape index (κ3) is 11.8. The summed E-state index contributed by atoms with van der Waals surface area (Å²) in [5, 5.41) is 12.0. The van der Waals surface area contributed by atoms with Crippen molar-refractivity contribution in [2.24, 2.45) is 0 Å². The molecule has 0 saturated carbocycles. The molecule has 1 unspecified atom stereocenters. The molecular weight excluding hydrogens is 170 g/mol. The zero-order chi connectivity index (χ0) is 9.94. The van der Waals surface area contributed by atoms with Gasteiger partial charge < -0.3 is 19.9 Å². The highest BCUT2D eigenvalue weighted by Crippen LogP contribution is 1.82. The van der Waals surface area contributed by atoms with Crippen LogP contribution in [0.4, 0.5) is 0 Å². The summed E-state index contributed by atoms with van der Waals surface area (Å²) >= 11 is 0. The predicted octanol–water partition coefficient (Wildman–Crippen LogP) is 0.00990. The van der Waals surface area contributed by atoms with Crippen LogP contribution in [0.15, 0.2) is 0 Å². The van der Waals surface area contributed by atoms with E-state index < -0.39 is 0 Å². The summed E-state index contributed by atoms with van der Waals surface area (Å²) in [7, 11) is 1.66. The molecule has 0 rings (SSSR count). The smallest absolute Gasteiger partial charge is 0.0700 e. The van der Waals surface area contributed by atoms with Gasteiger partial charge in [-0.1, -0.05) is 0 Å². The lowest BCUT2D eigenvalue weighted by molar-refractivity contribution is 0.0691. The first kappa shape index (κ1) is 12.8. The van der Waals surface area contributed by atoms with Gasteiger partial charge in [0.1, 0.15) is 0 Å². The second-order valence-electron chi connectivity index (χ2n) is 3.01. The third-order valence-corrected chi connectivity index (χ3v) is 1.51. The van der Waals surface area contributed by atoms with Crippen molar-refractivity contribution in [1.29, 1.82) is 0 Å². The van der Waals surface area contributed by atoms with E-state index in [2.05, 4.69) is 5.32 Å². The average molecular weight is 191 g/mol. The number of methoxy groups -OCH3 is 1. The molecule has 0 aliphatic heterocycles. The van der Waals surface area contributed by atoms with E-state index in [1.54, 1.807) is 14.0 Å². The summed E-state index contributed by atoms with van der Waals surface area (Å²) < 4.78 is 10.1. The highest BCUT2D eigenvalue weighted by Gasteiger charge is 1.93. The summed E-state index contributed by atoms with van der Waals surface area (Å²) in [6.07, 6.45) is 0.700. The second kappa shape index (κ2) is 9.92. The van der Waals surface area contributed by atoms with Gasteiger partial charge in [-0.05, 0) is 19.9 Å². The quantitative estimate of drug-likeness (QED) is 0.504. The molecule has 0 spiro atoms. The molecule has 1 atom stereocenters. The number of aliphatic hydroxyl groups is 1. The Hall–Kier alpha value is -0.160. The summed E-state index contributed by atoms with van der Waals surface area (Å²) in [5.74, 6) is 0. The second-order valence-corrected chi connectivity index (χ2v) is 3.01. The van der Waals surface area contributed by atoms with Gasteiger partial charge in [-0.2, -0.15) is 0 Å². The molecular formula is C9H21NO3. The lowest BCUT2D eigenvalue weighted by Gasteiger charge is -2.06. The molecule has 4 heteroatoms. The highest BCUT2D eigenvalue weighted by molar-refractivity contribution is 4.52. The number of hydrogen-bond acceptors (Lipinski definition) is 4. The van der Waals surface area contributed by atoms with E-state index in [0.717, 1.165) is 19.6 Å². The van der Waals surface area contributed by atoms with E-state index in [9.17, 15) is 0 Å². The van der Waals surface area contributed by atoms with E-state index in [0.29, 0.717) is 19.8 Å². The van der Waals surface area contributed by atoms with Crippen LogP contribution in [-0.4, -0.2) is 51.2 Å². The fourth-order valence-corrected chi connectivity index (χ4v) is 0.855. The zero-order valence-electron chi connectivity index (χ0n) is 8.58. The Balaban J connectivity index is 2.84. The lowest BCUT2D eigenvalue weighted by Crippen LogP contribution is -2.26. The normalized spacial score (nSPS) is 13.2. The number of rotatable bonds is 9. The fraction of sp³-hybridized carbons (Fsp3) is 1.00. The van der Waals surface area contributed by atoms with Gasteiger partial charge in [0.25, 0.3) is 0 Å². The van der Waals surface area contributed by atoms with Crippen molar-refractivity contribution in [1.82, 2.24) is 5.32 Å². The largest absolute Gasteiger partial charge is 0.392 e. The number of hydrogen-bond donors (Lipinski definition) is 2. The predicted molar refractivity (Wildman–Crippen MR) is 51.9 cm³/mol. The summed E-state index contributed by atoms with van der Waals surface area (Å²) in [5.41, 5.74) is 0. The van der Waals surface area contributed by atoms with E-state index in [1.807, 2.05) is 0 Å². The highest BCUT2D eigenvalue weighted by atomic mass is 16.5. The van der Waals surface area contributed by atoms with Gasteiger partial charge in [-0.15, -0.1) is 0 Å². The first-order chi connectivity index (χ1) is 6.27. The maximum Gasteiger partial charge on any atom is 0.0700 e. The van der Waals surface area contributed by atoms with Gasteiger partial charge in [-0.3, -0.25) is 0 Å². The molecule has 0 amide bonds. The molecule has 0 aliphatic carbocycles. The number of aliphatic hydroxyl groups excluding tert-OH is 1. The first-order valence-electron chi connectivity index (χ1n) is 4.73. The van der Waals surface area contributed by atoms with Gasteiger partial charge in [0.2, 0.25) is 0 Å². The van der Waals surface area contributed by atoms with Gasteiger partial charge in [0, 0.05) is 20.3 Å². The lowest BCUT2D eigenvalue weighted by atomic mass is 10.4. The Bertz CT molecular complexity index is 98.9. The van der Waals surface area contributed by atoms with Gasteiger partial charge >= 0.3 is 0 Å². The Morgan fingerprint density at radius 3 is 2.69 bits per heavy atom.